The zero-order valence-electron chi connectivity index (χ0n) is 9.43. The second-order valence-corrected chi connectivity index (χ2v) is 4.72. The van der Waals surface area contributed by atoms with E-state index in [0.29, 0.717) is 0 Å². The largest absolute Gasteiger partial charge is 0.457 e. The van der Waals surface area contributed by atoms with E-state index in [0.717, 1.165) is 21.5 Å². The predicted octanol–water partition coefficient (Wildman–Crippen LogP) is 4.29. The number of rotatable bonds is 3. The Balaban J connectivity index is 2.14. The summed E-state index contributed by atoms with van der Waals surface area (Å²) in [5.74, 6) is 1.54. The Bertz CT molecular complexity index is 492. The van der Waals surface area contributed by atoms with Crippen molar-refractivity contribution in [3.63, 3.8) is 0 Å². The normalized spacial score (nSPS) is 12.2. The van der Waals surface area contributed by atoms with E-state index < -0.39 is 6.10 Å². The van der Waals surface area contributed by atoms with E-state index in [2.05, 4.69) is 15.9 Å². The maximum atomic E-state index is 9.39. The summed E-state index contributed by atoms with van der Waals surface area (Å²) in [4.78, 5) is 0. The van der Waals surface area contributed by atoms with Crippen LogP contribution in [0.25, 0.3) is 0 Å². The number of ether oxygens (including phenoxy) is 1. The Morgan fingerprint density at radius 1 is 1.06 bits per heavy atom. The highest BCUT2D eigenvalue weighted by Crippen LogP contribution is 2.25. The lowest BCUT2D eigenvalue weighted by molar-refractivity contribution is 0.199. The third-order valence-corrected chi connectivity index (χ3v) is 2.89. The van der Waals surface area contributed by atoms with E-state index in [1.54, 1.807) is 6.92 Å². The predicted molar refractivity (Wildman–Crippen MR) is 71.3 cm³/mol. The van der Waals surface area contributed by atoms with Gasteiger partial charge in [-0.1, -0.05) is 34.1 Å². The fourth-order valence-corrected chi connectivity index (χ4v) is 1.86. The molecule has 0 amide bonds. The maximum Gasteiger partial charge on any atom is 0.128 e. The molecule has 1 N–H and O–H groups in total. The van der Waals surface area contributed by atoms with Crippen LogP contribution in [0, 0.1) is 0 Å². The molecule has 0 fully saturated rings. The van der Waals surface area contributed by atoms with Gasteiger partial charge in [-0.2, -0.15) is 0 Å². The number of hydrogen-bond donors (Lipinski definition) is 1. The van der Waals surface area contributed by atoms with E-state index >= 15 is 0 Å². The number of benzene rings is 2. The summed E-state index contributed by atoms with van der Waals surface area (Å²) in [7, 11) is 0. The van der Waals surface area contributed by atoms with Crippen LogP contribution in [0.2, 0.25) is 0 Å². The molecule has 0 heterocycles. The van der Waals surface area contributed by atoms with Crippen LogP contribution < -0.4 is 4.74 Å². The lowest BCUT2D eigenvalue weighted by atomic mass is 10.1. The number of aliphatic hydroxyl groups excluding tert-OH is 1. The molecule has 0 unspecified atom stereocenters. The van der Waals surface area contributed by atoms with Crippen molar-refractivity contribution in [1.29, 1.82) is 0 Å². The molecule has 2 nitrogen and oxygen atoms in total. The summed E-state index contributed by atoms with van der Waals surface area (Å²) in [6, 6.07) is 15.1. The molecule has 0 aromatic heterocycles. The summed E-state index contributed by atoms with van der Waals surface area (Å²) in [6.07, 6.45) is -0.449. The van der Waals surface area contributed by atoms with Crippen molar-refractivity contribution >= 4 is 15.9 Å². The minimum atomic E-state index is -0.449. The topological polar surface area (TPSA) is 29.5 Å². The molecule has 0 saturated carbocycles. The maximum absolute atomic E-state index is 9.39. The summed E-state index contributed by atoms with van der Waals surface area (Å²) >= 11 is 3.39. The summed E-state index contributed by atoms with van der Waals surface area (Å²) in [6.45, 7) is 1.74. The number of hydrogen-bond acceptors (Lipinski definition) is 2. The average molecular weight is 293 g/mol. The monoisotopic (exact) mass is 292 g/mol. The van der Waals surface area contributed by atoms with Gasteiger partial charge in [0.25, 0.3) is 0 Å². The van der Waals surface area contributed by atoms with Crippen LogP contribution in [0.15, 0.2) is 53.0 Å². The van der Waals surface area contributed by atoms with Crippen LogP contribution in [0.1, 0.15) is 18.6 Å². The molecule has 17 heavy (non-hydrogen) atoms. The second kappa shape index (κ2) is 5.34. The van der Waals surface area contributed by atoms with Crippen LogP contribution in [-0.2, 0) is 0 Å². The van der Waals surface area contributed by atoms with Gasteiger partial charge in [0.15, 0.2) is 0 Å². The fraction of sp³-hybridized carbons (Fsp3) is 0.143. The lowest BCUT2D eigenvalue weighted by Gasteiger charge is -2.08. The molecule has 2 rings (SSSR count). The Hall–Kier alpha value is -1.32. The molecule has 0 spiro atoms. The molecule has 0 aliphatic carbocycles. The molecule has 2 aromatic rings. The van der Waals surface area contributed by atoms with Gasteiger partial charge in [0.2, 0.25) is 0 Å². The quantitative estimate of drug-likeness (QED) is 0.914. The fourth-order valence-electron chi connectivity index (χ4n) is 1.48. The third-order valence-electron chi connectivity index (χ3n) is 2.39. The van der Waals surface area contributed by atoms with E-state index in [1.165, 1.54) is 0 Å². The van der Waals surface area contributed by atoms with Crippen molar-refractivity contribution in [2.45, 2.75) is 13.0 Å². The minimum Gasteiger partial charge on any atom is -0.457 e. The molecule has 3 heteroatoms. The zero-order chi connectivity index (χ0) is 12.3. The molecule has 0 radical (unpaired) electrons. The van der Waals surface area contributed by atoms with Crippen molar-refractivity contribution in [1.82, 2.24) is 0 Å². The van der Waals surface area contributed by atoms with Gasteiger partial charge in [0, 0.05) is 4.47 Å². The highest BCUT2D eigenvalue weighted by Gasteiger charge is 2.01. The van der Waals surface area contributed by atoms with Crippen LogP contribution in [0.5, 0.6) is 11.5 Å². The SMILES string of the molecule is C[C@H](O)c1ccc(Oc2cccc(Br)c2)cc1. The Labute approximate surface area is 109 Å². The number of aliphatic hydroxyl groups is 1. The first-order valence-corrected chi connectivity index (χ1v) is 6.16. The first kappa shape index (κ1) is 12.1. The first-order valence-electron chi connectivity index (χ1n) is 5.36. The molecular weight excluding hydrogens is 280 g/mol. The highest BCUT2D eigenvalue weighted by molar-refractivity contribution is 9.10. The van der Waals surface area contributed by atoms with Crippen LogP contribution >= 0.6 is 15.9 Å². The van der Waals surface area contributed by atoms with Crippen LogP contribution in [0.4, 0.5) is 0 Å². The van der Waals surface area contributed by atoms with Gasteiger partial charge in [0.05, 0.1) is 6.10 Å². The molecule has 88 valence electrons. The second-order valence-electron chi connectivity index (χ2n) is 3.80. The Morgan fingerprint density at radius 2 is 1.76 bits per heavy atom. The molecule has 1 atom stereocenters. The molecule has 2 aromatic carbocycles. The van der Waals surface area contributed by atoms with Crippen molar-refractivity contribution in [2.24, 2.45) is 0 Å². The van der Waals surface area contributed by atoms with E-state index in [4.69, 9.17) is 4.74 Å². The standard InChI is InChI=1S/C14H13BrO2/c1-10(16)11-5-7-13(8-6-11)17-14-4-2-3-12(15)9-14/h2-10,16H,1H3/t10-/m0/s1. The smallest absolute Gasteiger partial charge is 0.128 e. The zero-order valence-corrected chi connectivity index (χ0v) is 11.0. The molecular formula is C14H13BrO2. The van der Waals surface area contributed by atoms with E-state index in [9.17, 15) is 5.11 Å². The molecule has 0 bridgehead atoms. The summed E-state index contributed by atoms with van der Waals surface area (Å²) in [5.41, 5.74) is 0.881. The molecule has 0 saturated heterocycles. The summed E-state index contributed by atoms with van der Waals surface area (Å²) < 4.78 is 6.66. The van der Waals surface area contributed by atoms with Gasteiger partial charge >= 0.3 is 0 Å². The van der Waals surface area contributed by atoms with Crippen LogP contribution in [0.3, 0.4) is 0 Å². The van der Waals surface area contributed by atoms with Gasteiger partial charge in [-0.25, -0.2) is 0 Å². The first-order chi connectivity index (χ1) is 8.15. The van der Waals surface area contributed by atoms with Crippen molar-refractivity contribution in [3.05, 3.63) is 58.6 Å². The summed E-state index contributed by atoms with van der Waals surface area (Å²) in [5, 5.41) is 9.39. The highest BCUT2D eigenvalue weighted by atomic mass is 79.9. The Morgan fingerprint density at radius 3 is 2.35 bits per heavy atom. The van der Waals surface area contributed by atoms with Crippen molar-refractivity contribution in [2.75, 3.05) is 0 Å². The average Bonchev–Trinajstić information content (AvgIpc) is 2.29. The minimum absolute atomic E-state index is 0.449. The molecule has 0 aliphatic rings. The van der Waals surface area contributed by atoms with Gasteiger partial charge in [0.1, 0.15) is 11.5 Å². The Kier molecular flexibility index (Phi) is 3.82. The van der Waals surface area contributed by atoms with Crippen molar-refractivity contribution in [3.8, 4) is 11.5 Å². The van der Waals surface area contributed by atoms with Gasteiger partial charge < -0.3 is 9.84 Å². The number of halogens is 1. The van der Waals surface area contributed by atoms with E-state index in [1.807, 2.05) is 48.5 Å². The molecule has 0 aliphatic heterocycles. The van der Waals surface area contributed by atoms with Gasteiger partial charge in [-0.3, -0.25) is 0 Å². The van der Waals surface area contributed by atoms with Crippen LogP contribution in [-0.4, -0.2) is 5.11 Å². The van der Waals surface area contributed by atoms with Crippen molar-refractivity contribution < 1.29 is 9.84 Å². The van der Waals surface area contributed by atoms with Gasteiger partial charge in [-0.15, -0.1) is 0 Å². The van der Waals surface area contributed by atoms with E-state index in [-0.39, 0.29) is 0 Å². The third kappa shape index (κ3) is 3.32. The van der Waals surface area contributed by atoms with Gasteiger partial charge in [-0.05, 0) is 42.8 Å². The lowest BCUT2D eigenvalue weighted by Crippen LogP contribution is -1.90.